The number of benzene rings is 1. The molecule has 0 radical (unpaired) electrons. The fourth-order valence-electron chi connectivity index (χ4n) is 1.80. The van der Waals surface area contributed by atoms with E-state index < -0.39 is 15.9 Å². The molecule has 14 heteroatoms. The molecule has 0 saturated carbocycles. The van der Waals surface area contributed by atoms with Crippen molar-refractivity contribution in [2.75, 3.05) is 10.0 Å². The average Bonchev–Trinajstić information content (AvgIpc) is 3.24. The number of thioether (sulfide) groups is 1. The molecule has 3 aromatic rings. The van der Waals surface area contributed by atoms with Gasteiger partial charge in [0.15, 0.2) is 4.34 Å². The number of hydrogen-bond acceptors (Lipinski definition) is 10. The van der Waals surface area contributed by atoms with Gasteiger partial charge in [0.1, 0.15) is 0 Å². The van der Waals surface area contributed by atoms with Gasteiger partial charge in [0, 0.05) is 15.8 Å². The van der Waals surface area contributed by atoms with E-state index in [4.69, 9.17) is 11.6 Å². The third kappa shape index (κ3) is 5.38. The number of nitrogens with zero attached hydrogens (tertiary/aromatic N) is 4. The number of aromatic nitrogens is 4. The molecule has 3 rings (SSSR count). The summed E-state index contributed by atoms with van der Waals surface area (Å²) in [4.78, 5) is 12.2. The number of halogens is 1. The van der Waals surface area contributed by atoms with Crippen molar-refractivity contribution in [3.05, 3.63) is 34.9 Å². The molecule has 2 N–H and O–H groups in total. The van der Waals surface area contributed by atoms with Gasteiger partial charge in [-0.15, -0.1) is 20.4 Å². The predicted octanol–water partition coefficient (Wildman–Crippen LogP) is 3.60. The van der Waals surface area contributed by atoms with Crippen molar-refractivity contribution < 1.29 is 13.2 Å². The second-order valence-electron chi connectivity index (χ2n) is 5.48. The van der Waals surface area contributed by atoms with Gasteiger partial charge in [0.2, 0.25) is 10.3 Å². The van der Waals surface area contributed by atoms with E-state index in [1.165, 1.54) is 11.8 Å². The first-order valence-corrected chi connectivity index (χ1v) is 12.0. The van der Waals surface area contributed by atoms with Crippen LogP contribution in [-0.2, 0) is 10.0 Å². The Labute approximate surface area is 178 Å². The monoisotopic (exact) mass is 476 g/mol. The zero-order chi connectivity index (χ0) is 20.3. The van der Waals surface area contributed by atoms with Gasteiger partial charge < -0.3 is 0 Å². The van der Waals surface area contributed by atoms with Crippen molar-refractivity contribution in [3.8, 4) is 0 Å². The molecule has 0 saturated heterocycles. The Hall–Kier alpha value is -1.80. The molecule has 0 bridgehead atoms. The summed E-state index contributed by atoms with van der Waals surface area (Å²) in [7, 11) is -3.99. The second kappa shape index (κ2) is 8.69. The molecule has 0 spiro atoms. The minimum Gasteiger partial charge on any atom is -0.296 e. The van der Waals surface area contributed by atoms with E-state index in [1.807, 2.05) is 13.8 Å². The van der Waals surface area contributed by atoms with Gasteiger partial charge in [-0.2, -0.15) is 8.42 Å². The van der Waals surface area contributed by atoms with Crippen molar-refractivity contribution in [3.63, 3.8) is 0 Å². The Morgan fingerprint density at radius 3 is 2.43 bits per heavy atom. The molecule has 0 aliphatic rings. The first-order valence-electron chi connectivity index (χ1n) is 7.66. The molecule has 2 aromatic heterocycles. The Bertz CT molecular complexity index is 1080. The molecule has 9 nitrogen and oxygen atoms in total. The van der Waals surface area contributed by atoms with E-state index in [0.29, 0.717) is 20.2 Å². The maximum Gasteiger partial charge on any atom is 0.293 e. The highest BCUT2D eigenvalue weighted by molar-refractivity contribution is 8.01. The summed E-state index contributed by atoms with van der Waals surface area (Å²) in [5.74, 6) is -0.454. The van der Waals surface area contributed by atoms with Crippen LogP contribution in [0.2, 0.25) is 5.02 Å². The third-order valence-corrected chi connectivity index (χ3v) is 7.78. The quantitative estimate of drug-likeness (QED) is 0.391. The Morgan fingerprint density at radius 1 is 1.07 bits per heavy atom. The van der Waals surface area contributed by atoms with E-state index in [9.17, 15) is 13.2 Å². The summed E-state index contributed by atoms with van der Waals surface area (Å²) in [5.41, 5.74) is 0.353. The topological polar surface area (TPSA) is 127 Å². The van der Waals surface area contributed by atoms with Crippen molar-refractivity contribution in [2.45, 2.75) is 27.8 Å². The van der Waals surface area contributed by atoms with Crippen LogP contribution >= 0.6 is 46.0 Å². The van der Waals surface area contributed by atoms with Crippen LogP contribution in [0.15, 0.2) is 32.9 Å². The fourth-order valence-corrected chi connectivity index (χ4v) is 6.03. The van der Waals surface area contributed by atoms with E-state index >= 15 is 0 Å². The van der Waals surface area contributed by atoms with Crippen LogP contribution in [0.4, 0.5) is 10.3 Å². The van der Waals surface area contributed by atoms with E-state index in [2.05, 4.69) is 30.4 Å². The molecule has 2 heterocycles. The first-order chi connectivity index (χ1) is 13.2. The highest BCUT2D eigenvalue weighted by atomic mass is 35.5. The highest BCUT2D eigenvalue weighted by Gasteiger charge is 2.23. The van der Waals surface area contributed by atoms with Gasteiger partial charge in [0.25, 0.3) is 20.3 Å². The normalized spacial score (nSPS) is 11.6. The summed E-state index contributed by atoms with van der Waals surface area (Å²) in [5, 5.41) is 18.6. The number of hydrogen-bond donors (Lipinski definition) is 2. The molecular formula is C14H13ClN6O3S4. The van der Waals surface area contributed by atoms with E-state index in [0.717, 1.165) is 22.7 Å². The molecule has 0 aliphatic heterocycles. The summed E-state index contributed by atoms with van der Waals surface area (Å²) in [6.45, 7) is 3.99. The second-order valence-corrected chi connectivity index (χ2v) is 11.6. The van der Waals surface area contributed by atoms with E-state index in [-0.39, 0.29) is 14.6 Å². The molecule has 1 amide bonds. The van der Waals surface area contributed by atoms with Gasteiger partial charge in [0.05, 0.1) is 0 Å². The summed E-state index contributed by atoms with van der Waals surface area (Å²) in [6.07, 6.45) is 0. The van der Waals surface area contributed by atoms with Crippen LogP contribution < -0.4 is 10.0 Å². The van der Waals surface area contributed by atoms with Crippen LogP contribution in [0.5, 0.6) is 0 Å². The van der Waals surface area contributed by atoms with Crippen molar-refractivity contribution >= 4 is 72.2 Å². The minimum atomic E-state index is -3.99. The van der Waals surface area contributed by atoms with Crippen LogP contribution in [0.3, 0.4) is 0 Å². The van der Waals surface area contributed by atoms with Crippen LogP contribution in [-0.4, -0.2) is 40.0 Å². The lowest BCUT2D eigenvalue weighted by Gasteiger charge is -2.01. The molecular weight excluding hydrogens is 464 g/mol. The fraction of sp³-hybridized carbons (Fsp3) is 0.214. The lowest BCUT2D eigenvalue weighted by Crippen LogP contribution is -2.12. The lowest BCUT2D eigenvalue weighted by atomic mass is 10.2. The Kier molecular flexibility index (Phi) is 6.50. The molecule has 28 heavy (non-hydrogen) atoms. The molecule has 0 atom stereocenters. The van der Waals surface area contributed by atoms with Crippen molar-refractivity contribution in [1.82, 2.24) is 20.4 Å². The van der Waals surface area contributed by atoms with Crippen LogP contribution in [0, 0.1) is 0 Å². The van der Waals surface area contributed by atoms with Crippen LogP contribution in [0.1, 0.15) is 24.2 Å². The van der Waals surface area contributed by atoms with E-state index in [1.54, 1.807) is 24.3 Å². The van der Waals surface area contributed by atoms with Gasteiger partial charge in [-0.1, -0.05) is 59.9 Å². The third-order valence-electron chi connectivity index (χ3n) is 2.93. The average molecular weight is 477 g/mol. The zero-order valence-corrected chi connectivity index (χ0v) is 18.4. The first kappa shape index (κ1) is 20.9. The number of anilines is 2. The van der Waals surface area contributed by atoms with Crippen molar-refractivity contribution in [1.29, 1.82) is 0 Å². The maximum absolute atomic E-state index is 12.4. The van der Waals surface area contributed by atoms with Gasteiger partial charge in [-0.3, -0.25) is 14.8 Å². The lowest BCUT2D eigenvalue weighted by molar-refractivity contribution is 0.102. The zero-order valence-electron chi connectivity index (χ0n) is 14.4. The number of carbonyl (C=O) groups excluding carboxylic acids is 1. The minimum absolute atomic E-state index is 0.0497. The number of amides is 1. The number of rotatable bonds is 7. The summed E-state index contributed by atoms with van der Waals surface area (Å²) < 4.78 is 27.6. The number of carbonyl (C=O) groups is 1. The summed E-state index contributed by atoms with van der Waals surface area (Å²) in [6, 6.07) is 6.23. The molecule has 0 fully saturated rings. The molecule has 148 valence electrons. The van der Waals surface area contributed by atoms with Gasteiger partial charge >= 0.3 is 0 Å². The SMILES string of the molecule is CC(C)Sc1nnc(NS(=O)(=O)c2nnc(NC(=O)c3ccc(Cl)cc3)s2)s1. The highest BCUT2D eigenvalue weighted by Crippen LogP contribution is 2.30. The van der Waals surface area contributed by atoms with Gasteiger partial charge in [-0.05, 0) is 24.3 Å². The molecule has 0 unspecified atom stereocenters. The standard InChI is InChI=1S/C14H13ClN6O3S4/c1-7(2)25-13-19-18-12(26-13)21-28(23,24)14-20-17-11(27-14)16-10(22)8-3-5-9(15)6-4-8/h3-7H,1-2H3,(H,18,21)(H,16,17,22). The number of sulfonamides is 1. The van der Waals surface area contributed by atoms with Crippen molar-refractivity contribution in [2.24, 2.45) is 0 Å². The summed E-state index contributed by atoms with van der Waals surface area (Å²) >= 11 is 9.11. The van der Waals surface area contributed by atoms with Gasteiger partial charge in [-0.25, -0.2) is 0 Å². The maximum atomic E-state index is 12.4. The predicted molar refractivity (Wildman–Crippen MR) is 111 cm³/mol. The largest absolute Gasteiger partial charge is 0.296 e. The Balaban J connectivity index is 1.68. The Morgan fingerprint density at radius 2 is 1.75 bits per heavy atom. The van der Waals surface area contributed by atoms with Crippen LogP contribution in [0.25, 0.3) is 0 Å². The molecule has 1 aromatic carbocycles. The number of nitrogens with one attached hydrogen (secondary N) is 2. The molecule has 0 aliphatic carbocycles. The smallest absolute Gasteiger partial charge is 0.293 e.